The summed E-state index contributed by atoms with van der Waals surface area (Å²) in [5, 5.41) is 0.738. The summed E-state index contributed by atoms with van der Waals surface area (Å²) < 4.78 is 0. The van der Waals surface area contributed by atoms with Crippen LogP contribution in [0.5, 0.6) is 0 Å². The van der Waals surface area contributed by atoms with Crippen LogP contribution in [0, 0.1) is 5.41 Å². The molecule has 0 radical (unpaired) electrons. The lowest BCUT2D eigenvalue weighted by Gasteiger charge is -2.15. The first kappa shape index (κ1) is 6.41. The number of halogens is 1. The zero-order valence-electron chi connectivity index (χ0n) is 5.69. The maximum atomic E-state index is 11.2. The lowest BCUT2D eigenvalue weighted by Crippen LogP contribution is -2.17. The fourth-order valence-electron chi connectivity index (χ4n) is 1.50. The molecular formula is C8H9ClO. The number of rotatable bonds is 0. The Hall–Kier alpha value is -0.300. The van der Waals surface area contributed by atoms with Gasteiger partial charge in [-0.1, -0.05) is 11.6 Å². The van der Waals surface area contributed by atoms with Crippen molar-refractivity contribution < 1.29 is 4.79 Å². The molecule has 0 amide bonds. The van der Waals surface area contributed by atoms with Crippen molar-refractivity contribution in [1.29, 1.82) is 0 Å². The number of hydrogen-bond donors (Lipinski definition) is 0. The van der Waals surface area contributed by atoms with Gasteiger partial charge < -0.3 is 0 Å². The predicted octanol–water partition coefficient (Wildman–Crippen LogP) is 2.25. The summed E-state index contributed by atoms with van der Waals surface area (Å²) >= 11 is 5.71. The highest BCUT2D eigenvalue weighted by Gasteiger charge is 2.49. The molecule has 2 aliphatic rings. The molecule has 0 saturated heterocycles. The van der Waals surface area contributed by atoms with Crippen molar-refractivity contribution in [3.63, 3.8) is 0 Å². The molecule has 0 N–H and O–H groups in total. The van der Waals surface area contributed by atoms with Gasteiger partial charge in [0.1, 0.15) is 0 Å². The van der Waals surface area contributed by atoms with Gasteiger partial charge in [0.2, 0.25) is 0 Å². The third-order valence-corrected chi connectivity index (χ3v) is 2.80. The van der Waals surface area contributed by atoms with Crippen molar-refractivity contribution in [3.05, 3.63) is 11.1 Å². The van der Waals surface area contributed by atoms with E-state index in [0.717, 1.165) is 30.7 Å². The van der Waals surface area contributed by atoms with Gasteiger partial charge in [-0.05, 0) is 31.8 Å². The zero-order chi connectivity index (χ0) is 7.19. The quantitative estimate of drug-likeness (QED) is 0.526. The average molecular weight is 157 g/mol. The third-order valence-electron chi connectivity index (χ3n) is 2.51. The highest BCUT2D eigenvalue weighted by atomic mass is 35.5. The highest BCUT2D eigenvalue weighted by molar-refractivity contribution is 6.31. The molecule has 0 aliphatic heterocycles. The van der Waals surface area contributed by atoms with Gasteiger partial charge in [-0.3, -0.25) is 4.79 Å². The van der Waals surface area contributed by atoms with E-state index in [1.807, 2.05) is 0 Å². The lowest BCUT2D eigenvalue weighted by molar-refractivity contribution is -0.120. The molecule has 1 spiro atoms. The molecule has 1 fully saturated rings. The summed E-state index contributed by atoms with van der Waals surface area (Å²) in [6.45, 7) is 0. The second kappa shape index (κ2) is 1.85. The van der Waals surface area contributed by atoms with Crippen LogP contribution in [0.1, 0.15) is 25.7 Å². The summed E-state index contributed by atoms with van der Waals surface area (Å²) in [5.74, 6) is 0.267. The maximum Gasteiger partial charge on any atom is 0.162 e. The Labute approximate surface area is 65.1 Å². The first-order valence-electron chi connectivity index (χ1n) is 3.63. The smallest absolute Gasteiger partial charge is 0.162 e. The Kier molecular flexibility index (Phi) is 1.19. The van der Waals surface area contributed by atoms with Crippen molar-refractivity contribution in [1.82, 2.24) is 0 Å². The molecule has 0 unspecified atom stereocenters. The fraction of sp³-hybridized carbons (Fsp3) is 0.625. The van der Waals surface area contributed by atoms with Crippen molar-refractivity contribution in [2.45, 2.75) is 25.7 Å². The van der Waals surface area contributed by atoms with Gasteiger partial charge in [0.25, 0.3) is 0 Å². The highest BCUT2D eigenvalue weighted by Crippen LogP contribution is 2.53. The lowest BCUT2D eigenvalue weighted by atomic mass is 9.90. The van der Waals surface area contributed by atoms with Crippen LogP contribution in [0.2, 0.25) is 0 Å². The van der Waals surface area contributed by atoms with Crippen molar-refractivity contribution >= 4 is 17.4 Å². The molecule has 2 aliphatic carbocycles. The van der Waals surface area contributed by atoms with Crippen LogP contribution in [-0.4, -0.2) is 5.78 Å². The number of carbonyl (C=O) groups excluding carboxylic acids is 1. The number of ketones is 1. The van der Waals surface area contributed by atoms with Gasteiger partial charge in [0.15, 0.2) is 5.78 Å². The van der Waals surface area contributed by atoms with Crippen molar-refractivity contribution in [2.24, 2.45) is 5.41 Å². The van der Waals surface area contributed by atoms with Crippen LogP contribution in [0.25, 0.3) is 0 Å². The molecule has 1 saturated carbocycles. The molecule has 1 nitrogen and oxygen atoms in total. The largest absolute Gasteiger partial charge is 0.294 e. The maximum absolute atomic E-state index is 11.2. The summed E-state index contributed by atoms with van der Waals surface area (Å²) in [5.41, 5.74) is 0.0678. The van der Waals surface area contributed by atoms with Gasteiger partial charge in [-0.25, -0.2) is 0 Å². The van der Waals surface area contributed by atoms with Crippen LogP contribution in [-0.2, 0) is 4.79 Å². The van der Waals surface area contributed by atoms with Gasteiger partial charge in [-0.2, -0.15) is 0 Å². The van der Waals surface area contributed by atoms with Gasteiger partial charge in [0, 0.05) is 10.4 Å². The number of carbonyl (C=O) groups is 1. The molecule has 0 aromatic rings. The topological polar surface area (TPSA) is 17.1 Å². The molecule has 54 valence electrons. The molecular weight excluding hydrogens is 148 g/mol. The Morgan fingerprint density at radius 2 is 2.10 bits per heavy atom. The molecule has 0 atom stereocenters. The monoisotopic (exact) mass is 156 g/mol. The summed E-state index contributed by atoms with van der Waals surface area (Å²) in [6, 6.07) is 0. The van der Waals surface area contributed by atoms with Crippen LogP contribution in [0.3, 0.4) is 0 Å². The van der Waals surface area contributed by atoms with E-state index in [2.05, 4.69) is 0 Å². The van der Waals surface area contributed by atoms with Crippen LogP contribution < -0.4 is 0 Å². The SMILES string of the molecule is O=C1C=C(Cl)CCC12CC2. The van der Waals surface area contributed by atoms with E-state index < -0.39 is 0 Å². The minimum Gasteiger partial charge on any atom is -0.294 e. The Balaban J connectivity index is 2.25. The predicted molar refractivity (Wildman–Crippen MR) is 39.8 cm³/mol. The molecule has 2 heteroatoms. The zero-order valence-corrected chi connectivity index (χ0v) is 6.45. The molecule has 0 heterocycles. The molecule has 0 bridgehead atoms. The number of hydrogen-bond acceptors (Lipinski definition) is 1. The molecule has 10 heavy (non-hydrogen) atoms. The van der Waals surface area contributed by atoms with E-state index >= 15 is 0 Å². The van der Waals surface area contributed by atoms with E-state index in [0.29, 0.717) is 0 Å². The normalized spacial score (nSPS) is 28.5. The van der Waals surface area contributed by atoms with E-state index in [1.54, 1.807) is 6.08 Å². The fourth-order valence-corrected chi connectivity index (χ4v) is 1.69. The minimum absolute atomic E-state index is 0.0678. The van der Waals surface area contributed by atoms with Crippen molar-refractivity contribution in [2.75, 3.05) is 0 Å². The van der Waals surface area contributed by atoms with E-state index in [-0.39, 0.29) is 11.2 Å². The number of allylic oxidation sites excluding steroid dienone is 2. The second-order valence-corrected chi connectivity index (χ2v) is 3.72. The standard InChI is InChI=1S/C8H9ClO/c9-6-1-2-8(3-4-8)7(10)5-6/h5H,1-4H2. The third kappa shape index (κ3) is 0.807. The van der Waals surface area contributed by atoms with Crippen LogP contribution >= 0.6 is 11.6 Å². The first-order chi connectivity index (χ1) is 4.73. The molecule has 2 rings (SSSR count). The summed E-state index contributed by atoms with van der Waals surface area (Å²) in [6.07, 6.45) is 5.69. The van der Waals surface area contributed by atoms with E-state index in [4.69, 9.17) is 11.6 Å². The van der Waals surface area contributed by atoms with Gasteiger partial charge in [-0.15, -0.1) is 0 Å². The van der Waals surface area contributed by atoms with Crippen molar-refractivity contribution in [3.8, 4) is 0 Å². The minimum atomic E-state index is 0.0678. The van der Waals surface area contributed by atoms with Crippen LogP contribution in [0.15, 0.2) is 11.1 Å². The Morgan fingerprint density at radius 3 is 2.60 bits per heavy atom. The summed E-state index contributed by atoms with van der Waals surface area (Å²) in [4.78, 5) is 11.2. The van der Waals surface area contributed by atoms with Gasteiger partial charge in [0.05, 0.1) is 0 Å². The Morgan fingerprint density at radius 1 is 1.40 bits per heavy atom. The second-order valence-electron chi connectivity index (χ2n) is 3.24. The van der Waals surface area contributed by atoms with Crippen LogP contribution in [0.4, 0.5) is 0 Å². The molecule has 0 aromatic heterocycles. The van der Waals surface area contributed by atoms with Gasteiger partial charge >= 0.3 is 0 Å². The Bertz CT molecular complexity index is 213. The molecule has 0 aromatic carbocycles. The van der Waals surface area contributed by atoms with E-state index in [9.17, 15) is 4.79 Å². The first-order valence-corrected chi connectivity index (χ1v) is 4.01. The summed E-state index contributed by atoms with van der Waals surface area (Å²) in [7, 11) is 0. The average Bonchev–Trinajstić information content (AvgIpc) is 2.62. The van der Waals surface area contributed by atoms with E-state index in [1.165, 1.54) is 0 Å².